The number of halogens is 2. The molecule has 2 rings (SSSR count). The van der Waals surface area contributed by atoms with Gasteiger partial charge in [-0.3, -0.25) is 4.72 Å². The molecule has 0 unspecified atom stereocenters. The summed E-state index contributed by atoms with van der Waals surface area (Å²) >= 11 is 5.79. The Labute approximate surface area is 128 Å². The molecule has 0 aliphatic rings. The zero-order chi connectivity index (χ0) is 15.5. The Morgan fingerprint density at radius 1 is 1.14 bits per heavy atom. The molecule has 0 fully saturated rings. The van der Waals surface area contributed by atoms with E-state index in [1.807, 2.05) is 0 Å². The molecule has 0 heterocycles. The predicted octanol–water partition coefficient (Wildman–Crippen LogP) is 3.46. The van der Waals surface area contributed by atoms with E-state index in [2.05, 4.69) is 10.0 Å². The summed E-state index contributed by atoms with van der Waals surface area (Å²) in [4.78, 5) is 0. The highest BCUT2D eigenvalue weighted by Gasteiger charge is 2.03. The Morgan fingerprint density at radius 3 is 2.52 bits per heavy atom. The van der Waals surface area contributed by atoms with Crippen molar-refractivity contribution in [3.63, 3.8) is 0 Å². The van der Waals surface area contributed by atoms with Crippen LogP contribution < -0.4 is 10.0 Å². The summed E-state index contributed by atoms with van der Waals surface area (Å²) in [5, 5.41) is 3.41. The molecule has 0 aliphatic heterocycles. The molecule has 0 atom stereocenters. The number of rotatable bonds is 5. The lowest BCUT2D eigenvalue weighted by molar-refractivity contribution is 0.607. The number of hydrogen-bond acceptors (Lipinski definition) is 3. The molecule has 0 radical (unpaired) electrons. The van der Waals surface area contributed by atoms with Gasteiger partial charge in [0.15, 0.2) is 0 Å². The van der Waals surface area contributed by atoms with Gasteiger partial charge in [0, 0.05) is 17.3 Å². The van der Waals surface area contributed by atoms with Crippen molar-refractivity contribution < 1.29 is 12.8 Å². The van der Waals surface area contributed by atoms with Crippen LogP contribution in [0.1, 0.15) is 5.56 Å². The Hall–Kier alpha value is -1.79. The van der Waals surface area contributed by atoms with Gasteiger partial charge >= 0.3 is 0 Å². The van der Waals surface area contributed by atoms with Crippen LogP contribution >= 0.6 is 11.6 Å². The molecule has 0 saturated heterocycles. The maximum atomic E-state index is 13.2. The molecular weight excluding hydrogens is 315 g/mol. The second kappa shape index (κ2) is 6.32. The molecule has 4 nitrogen and oxygen atoms in total. The highest BCUT2D eigenvalue weighted by molar-refractivity contribution is 7.92. The average Bonchev–Trinajstić information content (AvgIpc) is 2.33. The molecule has 0 saturated carbocycles. The van der Waals surface area contributed by atoms with Crippen LogP contribution in [0.25, 0.3) is 0 Å². The van der Waals surface area contributed by atoms with E-state index in [9.17, 15) is 12.8 Å². The van der Waals surface area contributed by atoms with Gasteiger partial charge in [-0.1, -0.05) is 17.7 Å². The van der Waals surface area contributed by atoms with E-state index in [0.29, 0.717) is 28.5 Å². The SMILES string of the molecule is CS(=O)(=O)Nc1cccc(NCc2cc(F)cc(Cl)c2)c1. The Balaban J connectivity index is 2.08. The smallest absolute Gasteiger partial charge is 0.229 e. The van der Waals surface area contributed by atoms with Crippen molar-refractivity contribution >= 4 is 33.0 Å². The molecule has 0 amide bonds. The van der Waals surface area contributed by atoms with Crippen molar-refractivity contribution in [1.29, 1.82) is 0 Å². The number of sulfonamides is 1. The molecule has 21 heavy (non-hydrogen) atoms. The number of benzene rings is 2. The van der Waals surface area contributed by atoms with Crippen LogP contribution in [-0.4, -0.2) is 14.7 Å². The zero-order valence-corrected chi connectivity index (χ0v) is 12.8. The second-order valence-electron chi connectivity index (χ2n) is 4.59. The Kier molecular flexibility index (Phi) is 4.69. The van der Waals surface area contributed by atoms with E-state index in [1.165, 1.54) is 12.1 Å². The quantitative estimate of drug-likeness (QED) is 0.883. The van der Waals surface area contributed by atoms with E-state index >= 15 is 0 Å². The third-order valence-electron chi connectivity index (χ3n) is 2.58. The number of anilines is 2. The lowest BCUT2D eigenvalue weighted by Crippen LogP contribution is -2.09. The van der Waals surface area contributed by atoms with E-state index in [1.54, 1.807) is 30.3 Å². The molecule has 112 valence electrons. The summed E-state index contributed by atoms with van der Waals surface area (Å²) in [5.41, 5.74) is 1.87. The second-order valence-corrected chi connectivity index (χ2v) is 6.77. The molecule has 0 bridgehead atoms. The van der Waals surface area contributed by atoms with Gasteiger partial charge in [0.1, 0.15) is 5.82 Å². The third-order valence-corrected chi connectivity index (χ3v) is 3.41. The van der Waals surface area contributed by atoms with Gasteiger partial charge in [-0.15, -0.1) is 0 Å². The molecule has 0 aliphatic carbocycles. The van der Waals surface area contributed by atoms with Crippen molar-refractivity contribution in [2.75, 3.05) is 16.3 Å². The molecular formula is C14H14ClFN2O2S. The van der Waals surface area contributed by atoms with E-state index in [0.717, 1.165) is 6.26 Å². The summed E-state index contributed by atoms with van der Waals surface area (Å²) in [7, 11) is -3.32. The summed E-state index contributed by atoms with van der Waals surface area (Å²) in [6.07, 6.45) is 1.09. The minimum absolute atomic E-state index is 0.333. The molecule has 0 aromatic heterocycles. The minimum Gasteiger partial charge on any atom is -0.381 e. The maximum Gasteiger partial charge on any atom is 0.229 e. The van der Waals surface area contributed by atoms with Crippen molar-refractivity contribution in [3.8, 4) is 0 Å². The van der Waals surface area contributed by atoms with Crippen LogP contribution in [-0.2, 0) is 16.6 Å². The van der Waals surface area contributed by atoms with Gasteiger partial charge in [0.25, 0.3) is 0 Å². The fourth-order valence-electron chi connectivity index (χ4n) is 1.82. The first kappa shape index (κ1) is 15.6. The Morgan fingerprint density at radius 2 is 1.86 bits per heavy atom. The van der Waals surface area contributed by atoms with Crippen molar-refractivity contribution in [3.05, 3.63) is 58.9 Å². The van der Waals surface area contributed by atoms with Crippen LogP contribution in [0.15, 0.2) is 42.5 Å². The topological polar surface area (TPSA) is 58.2 Å². The largest absolute Gasteiger partial charge is 0.381 e. The fraction of sp³-hybridized carbons (Fsp3) is 0.143. The van der Waals surface area contributed by atoms with Crippen molar-refractivity contribution in [2.24, 2.45) is 0 Å². The summed E-state index contributed by atoms with van der Waals surface area (Å²) in [6.45, 7) is 0.375. The summed E-state index contributed by atoms with van der Waals surface area (Å²) in [5.74, 6) is -0.396. The predicted molar refractivity (Wildman–Crippen MR) is 83.6 cm³/mol. The summed E-state index contributed by atoms with van der Waals surface area (Å²) < 4.78 is 38.0. The van der Waals surface area contributed by atoms with Gasteiger partial charge in [0.05, 0.1) is 11.9 Å². The van der Waals surface area contributed by atoms with E-state index in [4.69, 9.17) is 11.6 Å². The third kappa shape index (κ3) is 5.24. The monoisotopic (exact) mass is 328 g/mol. The van der Waals surface area contributed by atoms with Crippen molar-refractivity contribution in [1.82, 2.24) is 0 Å². The van der Waals surface area contributed by atoms with Gasteiger partial charge < -0.3 is 5.32 Å². The van der Waals surface area contributed by atoms with Gasteiger partial charge in [-0.05, 0) is 42.0 Å². The first-order valence-electron chi connectivity index (χ1n) is 6.08. The summed E-state index contributed by atoms with van der Waals surface area (Å²) in [6, 6.07) is 11.1. The average molecular weight is 329 g/mol. The normalized spacial score (nSPS) is 11.2. The van der Waals surface area contributed by atoms with Crippen LogP contribution in [0.3, 0.4) is 0 Å². The van der Waals surface area contributed by atoms with Gasteiger partial charge in [-0.2, -0.15) is 0 Å². The van der Waals surface area contributed by atoms with Gasteiger partial charge in [0.2, 0.25) is 10.0 Å². The van der Waals surface area contributed by atoms with E-state index < -0.39 is 15.8 Å². The zero-order valence-electron chi connectivity index (χ0n) is 11.2. The van der Waals surface area contributed by atoms with Crippen LogP contribution in [0.5, 0.6) is 0 Å². The molecule has 2 N–H and O–H groups in total. The lowest BCUT2D eigenvalue weighted by atomic mass is 10.2. The first-order chi connectivity index (χ1) is 9.82. The molecule has 2 aromatic rings. The Bertz CT molecular complexity index is 730. The van der Waals surface area contributed by atoms with Gasteiger partial charge in [-0.25, -0.2) is 12.8 Å². The first-order valence-corrected chi connectivity index (χ1v) is 8.35. The molecule has 0 spiro atoms. The van der Waals surface area contributed by atoms with Crippen LogP contribution in [0.2, 0.25) is 5.02 Å². The number of nitrogens with one attached hydrogen (secondary N) is 2. The minimum atomic E-state index is -3.32. The standard InChI is InChI=1S/C14H14ClFN2O2S/c1-21(19,20)18-14-4-2-3-13(8-14)17-9-10-5-11(15)7-12(16)6-10/h2-8,17-18H,9H2,1H3. The molecule has 7 heteroatoms. The molecule has 2 aromatic carbocycles. The van der Waals surface area contributed by atoms with Crippen molar-refractivity contribution in [2.45, 2.75) is 6.54 Å². The maximum absolute atomic E-state index is 13.2. The van der Waals surface area contributed by atoms with Crippen LogP contribution in [0, 0.1) is 5.82 Å². The number of hydrogen-bond donors (Lipinski definition) is 2. The highest BCUT2D eigenvalue weighted by Crippen LogP contribution is 2.18. The van der Waals surface area contributed by atoms with E-state index in [-0.39, 0.29) is 0 Å². The fourth-order valence-corrected chi connectivity index (χ4v) is 2.62. The lowest BCUT2D eigenvalue weighted by Gasteiger charge is -2.10. The van der Waals surface area contributed by atoms with Crippen LogP contribution in [0.4, 0.5) is 15.8 Å². The highest BCUT2D eigenvalue weighted by atomic mass is 35.5.